The maximum absolute atomic E-state index is 5.39. The van der Waals surface area contributed by atoms with Crippen LogP contribution in [-0.2, 0) is 6.54 Å². The van der Waals surface area contributed by atoms with Crippen LogP contribution < -0.4 is 4.74 Å². The van der Waals surface area contributed by atoms with Gasteiger partial charge in [0.2, 0.25) is 0 Å². The summed E-state index contributed by atoms with van der Waals surface area (Å²) in [6, 6.07) is 12.0. The fourth-order valence-corrected chi connectivity index (χ4v) is 2.45. The zero-order valence-electron chi connectivity index (χ0n) is 11.4. The summed E-state index contributed by atoms with van der Waals surface area (Å²) in [6.07, 6.45) is 0. The fraction of sp³-hybridized carbons (Fsp3) is 0.200. The van der Waals surface area contributed by atoms with E-state index in [4.69, 9.17) is 17.0 Å². The third kappa shape index (κ3) is 2.32. The van der Waals surface area contributed by atoms with E-state index in [2.05, 4.69) is 9.97 Å². The quantitative estimate of drug-likeness (QED) is 0.749. The molecular weight excluding hydrogens is 270 g/mol. The van der Waals surface area contributed by atoms with Crippen molar-refractivity contribution < 1.29 is 4.74 Å². The van der Waals surface area contributed by atoms with Crippen molar-refractivity contribution in [3.63, 3.8) is 0 Å². The average molecular weight is 285 g/mol. The normalized spacial score (nSPS) is 10.9. The number of nitrogens with one attached hydrogen (secondary N) is 1. The van der Waals surface area contributed by atoms with Gasteiger partial charge in [-0.2, -0.15) is 0 Å². The smallest absolute Gasteiger partial charge is 0.179 e. The van der Waals surface area contributed by atoms with Gasteiger partial charge in [-0.15, -0.1) is 0 Å². The third-order valence-electron chi connectivity index (χ3n) is 3.26. The second-order valence-electron chi connectivity index (χ2n) is 4.69. The molecule has 0 saturated heterocycles. The van der Waals surface area contributed by atoms with Crippen molar-refractivity contribution in [3.8, 4) is 5.75 Å². The Morgan fingerprint density at radius 1 is 1.20 bits per heavy atom. The minimum absolute atomic E-state index is 0.689. The molecule has 20 heavy (non-hydrogen) atoms. The Hall–Kier alpha value is -2.14. The van der Waals surface area contributed by atoms with Gasteiger partial charge in [-0.25, -0.2) is 4.98 Å². The summed E-state index contributed by atoms with van der Waals surface area (Å²) >= 11 is 5.39. The van der Waals surface area contributed by atoms with Crippen molar-refractivity contribution >= 4 is 23.4 Å². The van der Waals surface area contributed by atoms with E-state index in [9.17, 15) is 0 Å². The molecule has 3 rings (SSSR count). The molecule has 1 aromatic carbocycles. The van der Waals surface area contributed by atoms with Crippen LogP contribution >= 0.6 is 12.2 Å². The van der Waals surface area contributed by atoms with E-state index in [0.717, 1.165) is 28.2 Å². The molecule has 0 saturated carbocycles. The largest absolute Gasteiger partial charge is 0.497 e. The molecule has 0 fully saturated rings. The van der Waals surface area contributed by atoms with Gasteiger partial charge < -0.3 is 9.72 Å². The molecule has 4 nitrogen and oxygen atoms in total. The lowest BCUT2D eigenvalue weighted by Crippen LogP contribution is -2.01. The molecule has 0 aliphatic rings. The fourth-order valence-electron chi connectivity index (χ4n) is 2.19. The van der Waals surface area contributed by atoms with E-state index in [1.54, 1.807) is 7.11 Å². The summed E-state index contributed by atoms with van der Waals surface area (Å²) in [5.41, 5.74) is 4.00. The summed E-state index contributed by atoms with van der Waals surface area (Å²) in [5, 5.41) is 0. The van der Waals surface area contributed by atoms with Crippen LogP contribution in [0.2, 0.25) is 0 Å². The van der Waals surface area contributed by atoms with Gasteiger partial charge in [-0.05, 0) is 49.0 Å². The number of hydrogen-bond acceptors (Lipinski definition) is 3. The van der Waals surface area contributed by atoms with E-state index < -0.39 is 0 Å². The number of pyridine rings is 1. The molecule has 0 aliphatic carbocycles. The topological polar surface area (TPSA) is 42.8 Å². The van der Waals surface area contributed by atoms with Crippen LogP contribution in [0.15, 0.2) is 36.4 Å². The van der Waals surface area contributed by atoms with Crippen LogP contribution in [0.3, 0.4) is 0 Å². The number of fused-ring (bicyclic) bond motifs is 1. The molecule has 0 amide bonds. The number of H-pyrrole nitrogens is 1. The van der Waals surface area contributed by atoms with Crippen LogP contribution in [0.4, 0.5) is 0 Å². The first-order valence-corrected chi connectivity index (χ1v) is 6.77. The summed E-state index contributed by atoms with van der Waals surface area (Å²) in [5.74, 6) is 0.852. The van der Waals surface area contributed by atoms with Crippen molar-refractivity contribution in [1.29, 1.82) is 0 Å². The lowest BCUT2D eigenvalue weighted by atomic mass is 10.2. The first kappa shape index (κ1) is 12.9. The Kier molecular flexibility index (Phi) is 3.28. The predicted molar refractivity (Wildman–Crippen MR) is 81.8 cm³/mol. The van der Waals surface area contributed by atoms with E-state index in [-0.39, 0.29) is 0 Å². The maximum Gasteiger partial charge on any atom is 0.179 e. The van der Waals surface area contributed by atoms with Gasteiger partial charge in [0.1, 0.15) is 5.75 Å². The predicted octanol–water partition coefficient (Wildman–Crippen LogP) is 3.46. The van der Waals surface area contributed by atoms with Gasteiger partial charge in [0.15, 0.2) is 10.4 Å². The molecule has 5 heteroatoms. The highest BCUT2D eigenvalue weighted by molar-refractivity contribution is 7.71. The van der Waals surface area contributed by atoms with Gasteiger partial charge in [0.05, 0.1) is 19.2 Å². The minimum Gasteiger partial charge on any atom is -0.497 e. The molecule has 0 aliphatic heterocycles. The minimum atomic E-state index is 0.689. The first-order valence-electron chi connectivity index (χ1n) is 6.36. The number of rotatable bonds is 3. The summed E-state index contributed by atoms with van der Waals surface area (Å²) in [7, 11) is 1.66. The highest BCUT2D eigenvalue weighted by Gasteiger charge is 2.06. The molecular formula is C15H15N3OS. The van der Waals surface area contributed by atoms with Gasteiger partial charge in [0.25, 0.3) is 0 Å². The van der Waals surface area contributed by atoms with Crippen LogP contribution in [0, 0.1) is 11.7 Å². The lowest BCUT2D eigenvalue weighted by molar-refractivity contribution is 0.414. The number of ether oxygens (including phenoxy) is 1. The SMILES string of the molecule is COc1ccc(Cn2c(=S)[nH]c3ccc(C)nc32)cc1. The summed E-state index contributed by atoms with van der Waals surface area (Å²) in [4.78, 5) is 7.75. The number of benzene rings is 1. The Bertz CT molecular complexity index is 802. The summed E-state index contributed by atoms with van der Waals surface area (Å²) in [6.45, 7) is 2.67. The number of aromatic nitrogens is 3. The van der Waals surface area contributed by atoms with Crippen molar-refractivity contribution in [3.05, 3.63) is 52.4 Å². The monoisotopic (exact) mass is 285 g/mol. The molecule has 1 N–H and O–H groups in total. The van der Waals surface area contributed by atoms with Crippen molar-refractivity contribution in [2.45, 2.75) is 13.5 Å². The molecule has 3 aromatic rings. The molecule has 0 bridgehead atoms. The Labute approximate surface area is 122 Å². The van der Waals surface area contributed by atoms with Crippen LogP contribution in [0.25, 0.3) is 11.2 Å². The average Bonchev–Trinajstić information content (AvgIpc) is 2.76. The van der Waals surface area contributed by atoms with E-state index >= 15 is 0 Å². The van der Waals surface area contributed by atoms with Crippen molar-refractivity contribution in [1.82, 2.24) is 14.5 Å². The molecule has 0 radical (unpaired) electrons. The molecule has 2 aromatic heterocycles. The van der Waals surface area contributed by atoms with Crippen LogP contribution in [0.5, 0.6) is 5.75 Å². The first-order chi connectivity index (χ1) is 9.67. The van der Waals surface area contributed by atoms with E-state index in [0.29, 0.717) is 11.3 Å². The van der Waals surface area contributed by atoms with Gasteiger partial charge in [-0.3, -0.25) is 4.57 Å². The number of aryl methyl sites for hydroxylation is 1. The lowest BCUT2D eigenvalue weighted by Gasteiger charge is -2.06. The van der Waals surface area contributed by atoms with Gasteiger partial charge in [-0.1, -0.05) is 12.1 Å². The zero-order chi connectivity index (χ0) is 14.1. The zero-order valence-corrected chi connectivity index (χ0v) is 12.2. The molecule has 102 valence electrons. The van der Waals surface area contributed by atoms with Gasteiger partial charge in [0, 0.05) is 5.69 Å². The Morgan fingerprint density at radius 2 is 1.95 bits per heavy atom. The Balaban J connectivity index is 2.03. The standard InChI is InChI=1S/C15H15N3OS/c1-10-3-8-13-14(16-10)18(15(20)17-13)9-11-4-6-12(19-2)7-5-11/h3-8H,9H2,1-2H3,(H,17,20). The number of methoxy groups -OCH3 is 1. The second-order valence-corrected chi connectivity index (χ2v) is 5.07. The molecule has 0 atom stereocenters. The van der Waals surface area contributed by atoms with E-state index in [1.807, 2.05) is 47.9 Å². The van der Waals surface area contributed by atoms with Crippen molar-refractivity contribution in [2.75, 3.05) is 7.11 Å². The third-order valence-corrected chi connectivity index (χ3v) is 3.58. The molecule has 0 unspecified atom stereocenters. The number of nitrogens with zero attached hydrogens (tertiary/aromatic N) is 2. The number of hydrogen-bond donors (Lipinski definition) is 1. The highest BCUT2D eigenvalue weighted by atomic mass is 32.1. The van der Waals surface area contributed by atoms with Gasteiger partial charge >= 0.3 is 0 Å². The van der Waals surface area contributed by atoms with E-state index in [1.165, 1.54) is 0 Å². The molecule has 0 spiro atoms. The maximum atomic E-state index is 5.39. The second kappa shape index (κ2) is 5.09. The van der Waals surface area contributed by atoms with Crippen LogP contribution in [0.1, 0.15) is 11.3 Å². The highest BCUT2D eigenvalue weighted by Crippen LogP contribution is 2.16. The Morgan fingerprint density at radius 3 is 2.65 bits per heavy atom. The number of aromatic amines is 1. The summed E-state index contributed by atoms with van der Waals surface area (Å²) < 4.78 is 7.87. The number of imidazole rings is 1. The molecule has 2 heterocycles. The van der Waals surface area contributed by atoms with Crippen molar-refractivity contribution in [2.24, 2.45) is 0 Å². The van der Waals surface area contributed by atoms with Crippen LogP contribution in [-0.4, -0.2) is 21.6 Å².